The second-order valence-corrected chi connectivity index (χ2v) is 6.71. The molecule has 0 spiro atoms. The molecule has 116 valence electrons. The number of thioether (sulfide) groups is 1. The highest BCUT2D eigenvalue weighted by atomic mass is 35.5. The van der Waals surface area contributed by atoms with Crippen LogP contribution < -0.4 is 0 Å². The van der Waals surface area contributed by atoms with Crippen LogP contribution in [0.4, 0.5) is 0 Å². The van der Waals surface area contributed by atoms with Gasteiger partial charge in [-0.3, -0.25) is 4.79 Å². The highest BCUT2D eigenvalue weighted by Gasteiger charge is 2.10. The topological polar surface area (TPSA) is 20.3 Å². The minimum Gasteiger partial charge on any atom is -0.341 e. The lowest BCUT2D eigenvalue weighted by molar-refractivity contribution is -0.127. The summed E-state index contributed by atoms with van der Waals surface area (Å²) in [5.41, 5.74) is 3.45. The monoisotopic (exact) mass is 333 g/mol. The minimum absolute atomic E-state index is 0.137. The van der Waals surface area contributed by atoms with Gasteiger partial charge in [-0.1, -0.05) is 59.6 Å². The first-order chi connectivity index (χ1) is 10.6. The molecule has 2 nitrogen and oxygen atoms in total. The molecule has 2 rings (SSSR count). The van der Waals surface area contributed by atoms with Gasteiger partial charge in [0.15, 0.2) is 0 Å². The number of hydrogen-bond donors (Lipinski definition) is 0. The van der Waals surface area contributed by atoms with Crippen LogP contribution in [0.15, 0.2) is 48.5 Å². The molecule has 0 fully saturated rings. The largest absolute Gasteiger partial charge is 0.341 e. The summed E-state index contributed by atoms with van der Waals surface area (Å²) in [6, 6.07) is 16.0. The van der Waals surface area contributed by atoms with Crippen LogP contribution in [-0.4, -0.2) is 23.6 Å². The lowest BCUT2D eigenvalue weighted by Crippen LogP contribution is -2.27. The zero-order valence-electron chi connectivity index (χ0n) is 12.9. The molecule has 0 aromatic heterocycles. The van der Waals surface area contributed by atoms with Crippen LogP contribution in [0, 0.1) is 6.92 Å². The fourth-order valence-corrected chi connectivity index (χ4v) is 3.28. The van der Waals surface area contributed by atoms with Crippen molar-refractivity contribution < 1.29 is 4.79 Å². The second kappa shape index (κ2) is 8.25. The van der Waals surface area contributed by atoms with Gasteiger partial charge in [-0.05, 0) is 24.1 Å². The van der Waals surface area contributed by atoms with Crippen molar-refractivity contribution >= 4 is 29.3 Å². The number of hydrogen-bond acceptors (Lipinski definition) is 2. The van der Waals surface area contributed by atoms with E-state index in [-0.39, 0.29) is 5.91 Å². The first-order valence-corrected chi connectivity index (χ1v) is 8.70. The molecule has 2 aromatic rings. The predicted molar refractivity (Wildman–Crippen MR) is 95.3 cm³/mol. The number of nitrogens with zero attached hydrogens (tertiary/aromatic N) is 1. The van der Waals surface area contributed by atoms with E-state index in [4.69, 9.17) is 11.6 Å². The summed E-state index contributed by atoms with van der Waals surface area (Å²) < 4.78 is 0. The van der Waals surface area contributed by atoms with Crippen molar-refractivity contribution in [3.8, 4) is 0 Å². The van der Waals surface area contributed by atoms with E-state index >= 15 is 0 Å². The highest BCUT2D eigenvalue weighted by Crippen LogP contribution is 2.21. The third-order valence-electron chi connectivity index (χ3n) is 3.41. The molecule has 0 unspecified atom stereocenters. The van der Waals surface area contributed by atoms with Gasteiger partial charge < -0.3 is 4.90 Å². The molecule has 0 aliphatic heterocycles. The van der Waals surface area contributed by atoms with Gasteiger partial charge in [0, 0.05) is 24.4 Å². The molecule has 0 aliphatic carbocycles. The Morgan fingerprint density at radius 3 is 2.50 bits per heavy atom. The van der Waals surface area contributed by atoms with Gasteiger partial charge in [0.25, 0.3) is 0 Å². The summed E-state index contributed by atoms with van der Waals surface area (Å²) >= 11 is 7.71. The lowest BCUT2D eigenvalue weighted by atomic mass is 10.1. The van der Waals surface area contributed by atoms with Crippen molar-refractivity contribution in [2.75, 3.05) is 12.8 Å². The third-order valence-corrected chi connectivity index (χ3v) is 4.74. The molecule has 0 heterocycles. The molecule has 22 heavy (non-hydrogen) atoms. The van der Waals surface area contributed by atoms with Crippen molar-refractivity contribution in [1.82, 2.24) is 4.90 Å². The number of carbonyl (C=O) groups is 1. The molecule has 4 heteroatoms. The molecule has 0 saturated heterocycles. The predicted octanol–water partition coefficient (Wildman–Crippen LogP) is 4.54. The Bertz CT molecular complexity index is 627. The Morgan fingerprint density at radius 2 is 1.82 bits per heavy atom. The molecule has 0 saturated carbocycles. The Morgan fingerprint density at radius 1 is 1.14 bits per heavy atom. The Labute approximate surface area is 141 Å². The van der Waals surface area contributed by atoms with Gasteiger partial charge in [0.05, 0.1) is 5.75 Å². The average molecular weight is 334 g/mol. The third kappa shape index (κ3) is 5.08. The van der Waals surface area contributed by atoms with Crippen molar-refractivity contribution in [3.63, 3.8) is 0 Å². The van der Waals surface area contributed by atoms with Gasteiger partial charge in [0.1, 0.15) is 0 Å². The molecule has 0 bridgehead atoms. The van der Waals surface area contributed by atoms with Crippen LogP contribution >= 0.6 is 23.4 Å². The van der Waals surface area contributed by atoms with Crippen LogP contribution in [0.25, 0.3) is 0 Å². The average Bonchev–Trinajstić information content (AvgIpc) is 2.51. The Kier molecular flexibility index (Phi) is 6.34. The van der Waals surface area contributed by atoms with E-state index in [1.165, 1.54) is 5.56 Å². The van der Waals surface area contributed by atoms with E-state index < -0.39 is 0 Å². The molecule has 1 amide bonds. The number of halogens is 1. The van der Waals surface area contributed by atoms with Gasteiger partial charge >= 0.3 is 0 Å². The molecule has 0 atom stereocenters. The van der Waals surface area contributed by atoms with Gasteiger partial charge in [-0.25, -0.2) is 0 Å². The number of benzene rings is 2. The van der Waals surface area contributed by atoms with E-state index in [0.29, 0.717) is 12.3 Å². The maximum atomic E-state index is 12.2. The molecule has 0 N–H and O–H groups in total. The summed E-state index contributed by atoms with van der Waals surface area (Å²) in [6.45, 7) is 2.70. The number of carbonyl (C=O) groups excluding carboxylic acids is 1. The smallest absolute Gasteiger partial charge is 0.232 e. The molecule has 0 aliphatic rings. The zero-order chi connectivity index (χ0) is 15.9. The van der Waals surface area contributed by atoms with E-state index in [1.54, 1.807) is 16.7 Å². The normalized spacial score (nSPS) is 10.5. The van der Waals surface area contributed by atoms with Gasteiger partial charge in [0.2, 0.25) is 5.91 Å². The SMILES string of the molecule is Cc1ccc(CN(C)C(=O)CSCc2ccccc2Cl)cc1. The number of aryl methyl sites for hydroxylation is 1. The van der Waals surface area contributed by atoms with Crippen LogP contribution in [0.1, 0.15) is 16.7 Å². The quantitative estimate of drug-likeness (QED) is 0.773. The van der Waals surface area contributed by atoms with E-state index in [1.807, 2.05) is 31.3 Å². The van der Waals surface area contributed by atoms with Crippen LogP contribution in [-0.2, 0) is 17.1 Å². The summed E-state index contributed by atoms with van der Waals surface area (Å²) in [6.07, 6.45) is 0. The highest BCUT2D eigenvalue weighted by molar-refractivity contribution is 7.99. The van der Waals surface area contributed by atoms with Crippen molar-refractivity contribution in [2.24, 2.45) is 0 Å². The Hall–Kier alpha value is -1.45. The second-order valence-electron chi connectivity index (χ2n) is 5.32. The Balaban J connectivity index is 1.79. The summed E-state index contributed by atoms with van der Waals surface area (Å²) in [4.78, 5) is 13.9. The van der Waals surface area contributed by atoms with E-state index in [2.05, 4.69) is 31.2 Å². The van der Waals surface area contributed by atoms with Crippen molar-refractivity contribution in [1.29, 1.82) is 0 Å². The fraction of sp³-hybridized carbons (Fsp3) is 0.278. The lowest BCUT2D eigenvalue weighted by Gasteiger charge is -2.17. The summed E-state index contributed by atoms with van der Waals surface area (Å²) in [7, 11) is 1.85. The first-order valence-electron chi connectivity index (χ1n) is 7.17. The minimum atomic E-state index is 0.137. The number of amides is 1. The first kappa shape index (κ1) is 16.9. The van der Waals surface area contributed by atoms with Gasteiger partial charge in [-0.2, -0.15) is 0 Å². The van der Waals surface area contributed by atoms with Crippen LogP contribution in [0.3, 0.4) is 0 Å². The van der Waals surface area contributed by atoms with E-state index in [0.717, 1.165) is 21.9 Å². The van der Waals surface area contributed by atoms with E-state index in [9.17, 15) is 4.79 Å². The standard InChI is InChI=1S/C18H20ClNOS/c1-14-7-9-15(10-8-14)11-20(2)18(21)13-22-12-16-5-3-4-6-17(16)19/h3-10H,11-13H2,1-2H3. The molecule has 0 radical (unpaired) electrons. The molecular formula is C18H20ClNOS. The van der Waals surface area contributed by atoms with Crippen molar-refractivity contribution in [3.05, 3.63) is 70.2 Å². The van der Waals surface area contributed by atoms with Crippen LogP contribution in [0.5, 0.6) is 0 Å². The van der Waals surface area contributed by atoms with Crippen molar-refractivity contribution in [2.45, 2.75) is 19.2 Å². The molecular weight excluding hydrogens is 314 g/mol. The summed E-state index contributed by atoms with van der Waals surface area (Å²) in [5.74, 6) is 1.36. The zero-order valence-corrected chi connectivity index (χ0v) is 14.5. The maximum Gasteiger partial charge on any atom is 0.232 e. The maximum absolute atomic E-state index is 12.2. The number of rotatable bonds is 6. The fourth-order valence-electron chi connectivity index (χ4n) is 2.03. The van der Waals surface area contributed by atoms with Gasteiger partial charge in [-0.15, -0.1) is 11.8 Å². The molecule has 2 aromatic carbocycles. The summed E-state index contributed by atoms with van der Waals surface area (Å²) in [5, 5.41) is 0.760. The van der Waals surface area contributed by atoms with Crippen LogP contribution in [0.2, 0.25) is 5.02 Å².